The first-order chi connectivity index (χ1) is 12.5. The van der Waals surface area contributed by atoms with Crippen LogP contribution in [0.25, 0.3) is 0 Å². The van der Waals surface area contributed by atoms with E-state index in [9.17, 15) is 0 Å². The minimum absolute atomic E-state index is 0. The fourth-order valence-corrected chi connectivity index (χ4v) is 4.22. The van der Waals surface area contributed by atoms with Gasteiger partial charge in [0.15, 0.2) is 5.96 Å². The summed E-state index contributed by atoms with van der Waals surface area (Å²) >= 11 is 1.65. The highest BCUT2D eigenvalue weighted by molar-refractivity contribution is 14.0. The Morgan fingerprint density at radius 3 is 3.00 bits per heavy atom. The third-order valence-electron chi connectivity index (χ3n) is 4.92. The van der Waals surface area contributed by atoms with Crippen LogP contribution in [0, 0.1) is 5.92 Å². The van der Waals surface area contributed by atoms with Crippen molar-refractivity contribution in [3.8, 4) is 0 Å². The number of likely N-dealkylation sites (tertiary alicyclic amines) is 1. The van der Waals surface area contributed by atoms with Gasteiger partial charge in [-0.1, -0.05) is 6.92 Å². The average molecular weight is 510 g/mol. The fourth-order valence-electron chi connectivity index (χ4n) is 3.38. The fraction of sp³-hybridized carbons (Fsp3) is 0.789. The van der Waals surface area contributed by atoms with Gasteiger partial charge in [0, 0.05) is 39.7 Å². The van der Waals surface area contributed by atoms with Crippen molar-refractivity contribution in [2.75, 3.05) is 47.4 Å². The van der Waals surface area contributed by atoms with Crippen molar-refractivity contribution in [2.45, 2.75) is 45.8 Å². The summed E-state index contributed by atoms with van der Waals surface area (Å²) in [4.78, 5) is 13.8. The van der Waals surface area contributed by atoms with Crippen LogP contribution < -0.4 is 5.32 Å². The lowest BCUT2D eigenvalue weighted by Gasteiger charge is -2.31. The van der Waals surface area contributed by atoms with Crippen molar-refractivity contribution in [1.82, 2.24) is 20.1 Å². The smallest absolute Gasteiger partial charge is 0.193 e. The first-order valence-electron chi connectivity index (χ1n) is 9.64. The minimum atomic E-state index is 0. The Bertz CT molecular complexity index is 568. The van der Waals surface area contributed by atoms with E-state index in [0.717, 1.165) is 42.1 Å². The predicted octanol–water partition coefficient (Wildman–Crippen LogP) is 3.60. The molecule has 0 radical (unpaired) electrons. The highest BCUT2D eigenvalue weighted by Gasteiger charge is 2.16. The van der Waals surface area contributed by atoms with Crippen LogP contribution in [0.15, 0.2) is 10.4 Å². The van der Waals surface area contributed by atoms with Gasteiger partial charge in [-0.05, 0) is 45.2 Å². The SMILES string of the molecule is CN=C(NCCCN1CCCC(C)C1)N(C)Cc1csc(C(C)OC)n1.I. The second-order valence-electron chi connectivity index (χ2n) is 7.29. The lowest BCUT2D eigenvalue weighted by atomic mass is 10.0. The van der Waals surface area contributed by atoms with Crippen LogP contribution in [0.1, 0.15) is 49.9 Å². The number of ether oxygens (including phenoxy) is 1. The number of piperidine rings is 1. The van der Waals surface area contributed by atoms with Crippen LogP contribution in [0.2, 0.25) is 0 Å². The number of guanidine groups is 1. The lowest BCUT2D eigenvalue weighted by molar-refractivity contribution is 0.119. The number of rotatable bonds is 8. The summed E-state index contributed by atoms with van der Waals surface area (Å²) < 4.78 is 5.34. The number of aromatic nitrogens is 1. The summed E-state index contributed by atoms with van der Waals surface area (Å²) in [6, 6.07) is 0. The highest BCUT2D eigenvalue weighted by atomic mass is 127. The van der Waals surface area contributed by atoms with Crippen molar-refractivity contribution in [3.63, 3.8) is 0 Å². The Labute approximate surface area is 185 Å². The third kappa shape index (κ3) is 8.21. The van der Waals surface area contributed by atoms with Crippen molar-refractivity contribution < 1.29 is 4.74 Å². The van der Waals surface area contributed by atoms with E-state index in [-0.39, 0.29) is 30.1 Å². The molecule has 0 spiro atoms. The Kier molecular flexibility index (Phi) is 11.7. The molecule has 0 bridgehead atoms. The molecule has 1 aromatic heterocycles. The molecule has 2 atom stereocenters. The Morgan fingerprint density at radius 2 is 2.33 bits per heavy atom. The maximum atomic E-state index is 5.34. The van der Waals surface area contributed by atoms with E-state index in [4.69, 9.17) is 4.74 Å². The number of hydrogen-bond donors (Lipinski definition) is 1. The first kappa shape index (κ1) is 24.6. The molecule has 2 rings (SSSR count). The second-order valence-corrected chi connectivity index (χ2v) is 8.18. The average Bonchev–Trinajstić information content (AvgIpc) is 3.09. The summed E-state index contributed by atoms with van der Waals surface area (Å²) in [7, 11) is 5.61. The summed E-state index contributed by atoms with van der Waals surface area (Å²) in [6.45, 7) is 9.75. The molecule has 0 aliphatic carbocycles. The summed E-state index contributed by atoms with van der Waals surface area (Å²) in [5.74, 6) is 1.77. The molecule has 156 valence electrons. The van der Waals surface area contributed by atoms with Crippen LogP contribution >= 0.6 is 35.3 Å². The zero-order valence-electron chi connectivity index (χ0n) is 17.4. The monoisotopic (exact) mass is 509 g/mol. The molecule has 0 aromatic carbocycles. The van der Waals surface area contributed by atoms with Crippen molar-refractivity contribution in [2.24, 2.45) is 10.9 Å². The van der Waals surface area contributed by atoms with E-state index in [0.29, 0.717) is 0 Å². The van der Waals surface area contributed by atoms with Gasteiger partial charge in [0.25, 0.3) is 0 Å². The molecule has 1 fully saturated rings. The molecule has 1 aliphatic heterocycles. The molecule has 1 aromatic rings. The largest absolute Gasteiger partial charge is 0.375 e. The molecule has 1 saturated heterocycles. The molecule has 1 N–H and O–H groups in total. The van der Waals surface area contributed by atoms with Gasteiger partial charge < -0.3 is 19.9 Å². The molecular formula is C19H36IN5OS. The number of nitrogens with one attached hydrogen (secondary N) is 1. The number of hydrogen-bond acceptors (Lipinski definition) is 5. The van der Waals surface area contributed by atoms with Crippen molar-refractivity contribution >= 4 is 41.3 Å². The van der Waals surface area contributed by atoms with Crippen LogP contribution in [0.3, 0.4) is 0 Å². The van der Waals surface area contributed by atoms with Gasteiger partial charge in [-0.2, -0.15) is 0 Å². The molecule has 0 saturated carbocycles. The minimum Gasteiger partial charge on any atom is -0.375 e. The van der Waals surface area contributed by atoms with E-state index < -0.39 is 0 Å². The molecule has 27 heavy (non-hydrogen) atoms. The van der Waals surface area contributed by atoms with Crippen LogP contribution in [-0.2, 0) is 11.3 Å². The van der Waals surface area contributed by atoms with E-state index in [2.05, 4.69) is 44.4 Å². The zero-order chi connectivity index (χ0) is 18.9. The van der Waals surface area contributed by atoms with Gasteiger partial charge >= 0.3 is 0 Å². The normalized spacial score (nSPS) is 19.4. The highest BCUT2D eigenvalue weighted by Crippen LogP contribution is 2.21. The van der Waals surface area contributed by atoms with Crippen LogP contribution in [0.4, 0.5) is 0 Å². The maximum absolute atomic E-state index is 5.34. The van der Waals surface area contributed by atoms with Crippen LogP contribution in [0.5, 0.6) is 0 Å². The quantitative estimate of drug-likeness (QED) is 0.251. The number of halogens is 1. The third-order valence-corrected chi connectivity index (χ3v) is 5.97. The Balaban J connectivity index is 0.00000364. The number of nitrogens with zero attached hydrogens (tertiary/aromatic N) is 4. The Hall–Kier alpha value is -0.450. The van der Waals surface area contributed by atoms with Gasteiger partial charge in [-0.3, -0.25) is 4.99 Å². The van der Waals surface area contributed by atoms with E-state index in [1.807, 2.05) is 14.0 Å². The molecule has 8 heteroatoms. The number of methoxy groups -OCH3 is 1. The summed E-state index contributed by atoms with van der Waals surface area (Å²) in [5, 5.41) is 6.61. The van der Waals surface area contributed by atoms with E-state index in [1.165, 1.54) is 32.5 Å². The van der Waals surface area contributed by atoms with Gasteiger partial charge in [-0.25, -0.2) is 4.98 Å². The van der Waals surface area contributed by atoms with Crippen LogP contribution in [-0.4, -0.2) is 68.1 Å². The number of aliphatic imine (C=N–C) groups is 1. The summed E-state index contributed by atoms with van der Waals surface area (Å²) in [5.41, 5.74) is 1.06. The van der Waals surface area contributed by atoms with E-state index in [1.54, 1.807) is 18.4 Å². The molecule has 0 amide bonds. The maximum Gasteiger partial charge on any atom is 0.193 e. The summed E-state index contributed by atoms with van der Waals surface area (Å²) in [6.07, 6.45) is 3.92. The van der Waals surface area contributed by atoms with Gasteiger partial charge in [0.1, 0.15) is 11.1 Å². The molecule has 2 heterocycles. The first-order valence-corrected chi connectivity index (χ1v) is 10.5. The van der Waals surface area contributed by atoms with Gasteiger partial charge in [0.2, 0.25) is 0 Å². The second kappa shape index (κ2) is 12.9. The molecule has 6 nitrogen and oxygen atoms in total. The molecular weight excluding hydrogens is 473 g/mol. The van der Waals surface area contributed by atoms with Gasteiger partial charge in [0.05, 0.1) is 12.2 Å². The van der Waals surface area contributed by atoms with Crippen molar-refractivity contribution in [3.05, 3.63) is 16.1 Å². The zero-order valence-corrected chi connectivity index (χ0v) is 20.5. The van der Waals surface area contributed by atoms with Crippen molar-refractivity contribution in [1.29, 1.82) is 0 Å². The number of thiazole rings is 1. The van der Waals surface area contributed by atoms with E-state index >= 15 is 0 Å². The predicted molar refractivity (Wildman–Crippen MR) is 125 cm³/mol. The van der Waals surface area contributed by atoms with Gasteiger partial charge in [-0.15, -0.1) is 35.3 Å². The molecule has 2 unspecified atom stereocenters. The lowest BCUT2D eigenvalue weighted by Crippen LogP contribution is -2.40. The molecule has 1 aliphatic rings. The Morgan fingerprint density at radius 1 is 1.56 bits per heavy atom. The standard InChI is InChI=1S/C19H35N5OS.HI/c1-15-8-6-10-24(12-15)11-7-9-21-19(20-3)23(4)13-17-14-26-18(22-17)16(2)25-5;/h14-16H,6-13H2,1-5H3,(H,20,21);1H. The topological polar surface area (TPSA) is 53.0 Å².